The summed E-state index contributed by atoms with van der Waals surface area (Å²) in [4.78, 5) is 15.6. The molecule has 0 aliphatic heterocycles. The number of hydrogen-bond donors (Lipinski definition) is 1. The molecule has 0 saturated heterocycles. The summed E-state index contributed by atoms with van der Waals surface area (Å²) in [6.07, 6.45) is 1.65. The van der Waals surface area contributed by atoms with Gasteiger partial charge in [0.1, 0.15) is 11.4 Å². The molecule has 3 rings (SSSR count). The Morgan fingerprint density at radius 2 is 1.95 bits per heavy atom. The fourth-order valence-electron chi connectivity index (χ4n) is 1.85. The zero-order valence-electron chi connectivity index (χ0n) is 10.2. The zero-order valence-corrected chi connectivity index (χ0v) is 12.3. The first-order chi connectivity index (χ1) is 9.65. The van der Waals surface area contributed by atoms with Crippen LogP contribution in [0.25, 0.3) is 5.65 Å². The maximum absolute atomic E-state index is 11.4. The molecule has 0 atom stereocenters. The van der Waals surface area contributed by atoms with Gasteiger partial charge in [-0.05, 0) is 59.0 Å². The highest BCUT2D eigenvalue weighted by atomic mass is 127. The van der Waals surface area contributed by atoms with Crippen LogP contribution in [-0.4, -0.2) is 20.5 Å². The van der Waals surface area contributed by atoms with Crippen LogP contribution in [0.3, 0.4) is 0 Å². The van der Waals surface area contributed by atoms with Crippen molar-refractivity contribution in [3.05, 3.63) is 57.9 Å². The fraction of sp³-hybridized carbons (Fsp3) is 0. The van der Waals surface area contributed by atoms with Gasteiger partial charge >= 0.3 is 5.97 Å². The Kier molecular flexibility index (Phi) is 3.31. The van der Waals surface area contributed by atoms with E-state index in [9.17, 15) is 9.90 Å². The van der Waals surface area contributed by atoms with E-state index >= 15 is 0 Å². The molecular weight excluding hydrogens is 371 g/mol. The van der Waals surface area contributed by atoms with Gasteiger partial charge in [0.2, 0.25) is 0 Å². The SMILES string of the molecule is O=C(O)c1c(Oc2ccc(I)cc2)nc2ccccn12. The number of carbonyl (C=O) groups is 1. The number of imidazole rings is 1. The first-order valence-corrected chi connectivity index (χ1v) is 6.87. The predicted octanol–water partition coefficient (Wildman–Crippen LogP) is 3.43. The molecule has 1 aromatic carbocycles. The third-order valence-electron chi connectivity index (χ3n) is 2.73. The molecule has 1 N–H and O–H groups in total. The lowest BCUT2D eigenvalue weighted by Crippen LogP contribution is -2.03. The molecule has 6 heteroatoms. The van der Waals surface area contributed by atoms with E-state index in [1.54, 1.807) is 36.5 Å². The Bertz CT molecular complexity index is 781. The van der Waals surface area contributed by atoms with Crippen LogP contribution in [0.2, 0.25) is 0 Å². The van der Waals surface area contributed by atoms with Gasteiger partial charge in [-0.25, -0.2) is 4.79 Å². The summed E-state index contributed by atoms with van der Waals surface area (Å²) < 4.78 is 8.16. The number of benzene rings is 1. The first kappa shape index (κ1) is 12.9. The van der Waals surface area contributed by atoms with Crippen LogP contribution in [0, 0.1) is 3.57 Å². The van der Waals surface area contributed by atoms with E-state index in [0.717, 1.165) is 3.57 Å². The number of aromatic nitrogens is 2. The van der Waals surface area contributed by atoms with E-state index in [1.165, 1.54) is 4.40 Å². The summed E-state index contributed by atoms with van der Waals surface area (Å²) in [5.41, 5.74) is 0.546. The largest absolute Gasteiger partial charge is 0.476 e. The normalized spacial score (nSPS) is 10.7. The van der Waals surface area contributed by atoms with E-state index in [-0.39, 0.29) is 11.6 Å². The number of ether oxygens (including phenoxy) is 1. The standard InChI is InChI=1S/C14H9IN2O3/c15-9-4-6-10(7-5-9)20-13-12(14(18)19)17-8-2-1-3-11(17)16-13/h1-8H,(H,18,19). The first-order valence-electron chi connectivity index (χ1n) is 5.79. The van der Waals surface area contributed by atoms with Crippen LogP contribution in [0.1, 0.15) is 10.5 Å². The molecule has 3 aromatic rings. The molecule has 0 saturated carbocycles. The van der Waals surface area contributed by atoms with Crippen LogP contribution in [-0.2, 0) is 0 Å². The molecule has 100 valence electrons. The topological polar surface area (TPSA) is 63.8 Å². The van der Waals surface area contributed by atoms with Gasteiger partial charge in [0.05, 0.1) is 0 Å². The van der Waals surface area contributed by atoms with Crippen LogP contribution in [0.5, 0.6) is 11.6 Å². The van der Waals surface area contributed by atoms with Crippen molar-refractivity contribution in [2.45, 2.75) is 0 Å². The maximum Gasteiger partial charge on any atom is 0.358 e. The van der Waals surface area contributed by atoms with E-state index < -0.39 is 5.97 Å². The highest BCUT2D eigenvalue weighted by Gasteiger charge is 2.20. The summed E-state index contributed by atoms with van der Waals surface area (Å²) in [7, 11) is 0. The van der Waals surface area contributed by atoms with E-state index in [4.69, 9.17) is 4.74 Å². The number of halogens is 1. The molecular formula is C14H9IN2O3. The highest BCUT2D eigenvalue weighted by Crippen LogP contribution is 2.26. The summed E-state index contributed by atoms with van der Waals surface area (Å²) in [5.74, 6) is -0.439. The highest BCUT2D eigenvalue weighted by molar-refractivity contribution is 14.1. The van der Waals surface area contributed by atoms with Crippen molar-refractivity contribution < 1.29 is 14.6 Å². The third kappa shape index (κ3) is 2.34. The minimum absolute atomic E-state index is 0.0131. The summed E-state index contributed by atoms with van der Waals surface area (Å²) >= 11 is 2.19. The van der Waals surface area contributed by atoms with Crippen molar-refractivity contribution in [1.82, 2.24) is 9.38 Å². The minimum Gasteiger partial charge on any atom is -0.476 e. The molecule has 0 aliphatic carbocycles. The number of carboxylic acids is 1. The molecule has 5 nitrogen and oxygen atoms in total. The summed E-state index contributed by atoms with van der Waals surface area (Å²) in [6.45, 7) is 0. The zero-order chi connectivity index (χ0) is 14.1. The van der Waals surface area contributed by atoms with Crippen LogP contribution in [0.4, 0.5) is 0 Å². The lowest BCUT2D eigenvalue weighted by molar-refractivity contribution is 0.0686. The third-order valence-corrected chi connectivity index (χ3v) is 3.45. The van der Waals surface area contributed by atoms with Crippen LogP contribution in [0.15, 0.2) is 48.7 Å². The van der Waals surface area contributed by atoms with E-state index in [1.807, 2.05) is 12.1 Å². The molecule has 2 heterocycles. The molecule has 0 amide bonds. The molecule has 0 unspecified atom stereocenters. The number of fused-ring (bicyclic) bond motifs is 1. The number of hydrogen-bond acceptors (Lipinski definition) is 3. The van der Waals surface area contributed by atoms with Gasteiger partial charge in [0.15, 0.2) is 5.69 Å². The van der Waals surface area contributed by atoms with Crippen LogP contribution >= 0.6 is 22.6 Å². The number of nitrogens with zero attached hydrogens (tertiary/aromatic N) is 2. The second-order valence-corrected chi connectivity index (χ2v) is 5.30. The molecule has 0 fully saturated rings. The lowest BCUT2D eigenvalue weighted by atomic mass is 10.3. The van der Waals surface area contributed by atoms with E-state index in [2.05, 4.69) is 27.6 Å². The number of pyridine rings is 1. The fourth-order valence-corrected chi connectivity index (χ4v) is 2.21. The molecule has 0 aliphatic rings. The van der Waals surface area contributed by atoms with Gasteiger partial charge in [0.25, 0.3) is 5.88 Å². The van der Waals surface area contributed by atoms with Gasteiger partial charge in [0, 0.05) is 9.77 Å². The average Bonchev–Trinajstić information content (AvgIpc) is 2.79. The number of rotatable bonds is 3. The Morgan fingerprint density at radius 3 is 2.65 bits per heavy atom. The molecule has 0 radical (unpaired) electrons. The monoisotopic (exact) mass is 380 g/mol. The molecule has 20 heavy (non-hydrogen) atoms. The average molecular weight is 380 g/mol. The van der Waals surface area contributed by atoms with Crippen LogP contribution < -0.4 is 4.74 Å². The van der Waals surface area contributed by atoms with Crippen molar-refractivity contribution in [1.29, 1.82) is 0 Å². The van der Waals surface area contributed by atoms with E-state index in [0.29, 0.717) is 11.4 Å². The van der Waals surface area contributed by atoms with Gasteiger partial charge in [-0.2, -0.15) is 4.98 Å². The Morgan fingerprint density at radius 1 is 1.20 bits per heavy atom. The van der Waals surface area contributed by atoms with Crippen molar-refractivity contribution in [2.75, 3.05) is 0 Å². The lowest BCUT2D eigenvalue weighted by Gasteiger charge is -2.03. The Labute approximate surface area is 128 Å². The predicted molar refractivity (Wildman–Crippen MR) is 81.4 cm³/mol. The molecule has 2 aromatic heterocycles. The maximum atomic E-state index is 11.4. The van der Waals surface area contributed by atoms with Crippen molar-refractivity contribution >= 4 is 34.2 Å². The van der Waals surface area contributed by atoms with Crippen molar-refractivity contribution in [3.63, 3.8) is 0 Å². The quantitative estimate of drug-likeness (QED) is 0.708. The van der Waals surface area contributed by atoms with Crippen molar-refractivity contribution in [3.8, 4) is 11.6 Å². The van der Waals surface area contributed by atoms with Gasteiger partial charge in [-0.15, -0.1) is 0 Å². The Balaban J connectivity index is 2.08. The van der Waals surface area contributed by atoms with Gasteiger partial charge in [-0.1, -0.05) is 6.07 Å². The summed E-state index contributed by atoms with van der Waals surface area (Å²) in [5, 5.41) is 9.33. The molecule has 0 bridgehead atoms. The second kappa shape index (κ2) is 5.12. The van der Waals surface area contributed by atoms with Gasteiger partial charge in [-0.3, -0.25) is 4.40 Å². The van der Waals surface area contributed by atoms with Crippen molar-refractivity contribution in [2.24, 2.45) is 0 Å². The number of aromatic carboxylic acids is 1. The number of carboxylic acid groups (broad SMARTS) is 1. The minimum atomic E-state index is -1.08. The molecule has 0 spiro atoms. The smallest absolute Gasteiger partial charge is 0.358 e. The Hall–Kier alpha value is -2.09. The second-order valence-electron chi connectivity index (χ2n) is 4.06. The van der Waals surface area contributed by atoms with Gasteiger partial charge < -0.3 is 9.84 Å². The summed E-state index contributed by atoms with van der Waals surface area (Å²) in [6, 6.07) is 12.6.